The highest BCUT2D eigenvalue weighted by molar-refractivity contribution is 5.38. The van der Waals surface area contributed by atoms with E-state index in [9.17, 15) is 4.79 Å². The fourth-order valence-electron chi connectivity index (χ4n) is 3.06. The van der Waals surface area contributed by atoms with Crippen molar-refractivity contribution in [3.63, 3.8) is 0 Å². The molecular weight excluding hydrogens is 264 g/mol. The van der Waals surface area contributed by atoms with E-state index in [0.717, 1.165) is 31.1 Å². The van der Waals surface area contributed by atoms with Crippen LogP contribution < -0.4 is 10.9 Å². The molecule has 1 aliphatic carbocycles. The largest absolute Gasteiger partial charge is 0.383 e. The molecular formula is C16H26N4O. The van der Waals surface area contributed by atoms with Gasteiger partial charge in [-0.3, -0.25) is 4.79 Å². The predicted molar refractivity (Wildman–Crippen MR) is 84.6 cm³/mol. The number of hydrogen-bond acceptors (Lipinski definition) is 4. The van der Waals surface area contributed by atoms with Gasteiger partial charge in [0.2, 0.25) is 0 Å². The van der Waals surface area contributed by atoms with Crippen LogP contribution in [-0.4, -0.2) is 40.9 Å². The Labute approximate surface area is 126 Å². The monoisotopic (exact) mass is 290 g/mol. The summed E-state index contributed by atoms with van der Waals surface area (Å²) in [5, 5.41) is 7.61. The van der Waals surface area contributed by atoms with Crippen molar-refractivity contribution in [2.75, 3.05) is 25.5 Å². The summed E-state index contributed by atoms with van der Waals surface area (Å²) in [6, 6.07) is 2.28. The molecule has 0 aromatic carbocycles. The summed E-state index contributed by atoms with van der Waals surface area (Å²) < 4.78 is 1.60. The van der Waals surface area contributed by atoms with Crippen molar-refractivity contribution in [2.45, 2.75) is 51.1 Å². The number of hydrogen-bond donors (Lipinski definition) is 1. The molecule has 0 spiro atoms. The standard InChI is InChI=1S/C16H26N4O/c1-19-8-3-2-4-15(19)7-9-20-16(21)10-14(12-18-20)17-11-13-5-6-13/h10,12-13,15,17H,2-9,11H2,1H3. The molecule has 1 saturated heterocycles. The average molecular weight is 290 g/mol. The Bertz CT molecular complexity index is 523. The second-order valence-electron chi connectivity index (χ2n) is 6.55. The molecule has 1 N–H and O–H groups in total. The third-order valence-corrected chi connectivity index (χ3v) is 4.76. The van der Waals surface area contributed by atoms with Crippen LogP contribution in [-0.2, 0) is 6.54 Å². The summed E-state index contributed by atoms with van der Waals surface area (Å²) in [7, 11) is 2.19. The van der Waals surface area contributed by atoms with Gasteiger partial charge in [-0.2, -0.15) is 5.10 Å². The molecule has 3 rings (SSSR count). The molecule has 5 heteroatoms. The van der Waals surface area contributed by atoms with Crippen molar-refractivity contribution in [2.24, 2.45) is 5.92 Å². The molecule has 116 valence electrons. The van der Waals surface area contributed by atoms with E-state index in [-0.39, 0.29) is 5.56 Å². The molecule has 1 aliphatic heterocycles. The maximum atomic E-state index is 12.1. The van der Waals surface area contributed by atoms with Gasteiger partial charge in [-0.05, 0) is 51.6 Å². The van der Waals surface area contributed by atoms with Crippen molar-refractivity contribution in [1.82, 2.24) is 14.7 Å². The Morgan fingerprint density at radius 2 is 2.19 bits per heavy atom. The van der Waals surface area contributed by atoms with Crippen molar-refractivity contribution < 1.29 is 0 Å². The van der Waals surface area contributed by atoms with Crippen LogP contribution in [0.5, 0.6) is 0 Å². The summed E-state index contributed by atoms with van der Waals surface area (Å²) in [5.74, 6) is 0.800. The number of anilines is 1. The highest BCUT2D eigenvalue weighted by Crippen LogP contribution is 2.28. The fraction of sp³-hybridized carbons (Fsp3) is 0.750. The van der Waals surface area contributed by atoms with Gasteiger partial charge in [-0.1, -0.05) is 6.42 Å². The maximum Gasteiger partial charge on any atom is 0.268 e. The molecule has 1 unspecified atom stereocenters. The number of nitrogens with one attached hydrogen (secondary N) is 1. The van der Waals surface area contributed by atoms with Crippen LogP contribution in [0.3, 0.4) is 0 Å². The molecule has 2 fully saturated rings. The van der Waals surface area contributed by atoms with E-state index in [1.807, 2.05) is 0 Å². The van der Waals surface area contributed by atoms with Crippen LogP contribution in [0.15, 0.2) is 17.1 Å². The summed E-state index contributed by atoms with van der Waals surface area (Å²) in [5.41, 5.74) is 0.868. The lowest BCUT2D eigenvalue weighted by Crippen LogP contribution is -2.37. The molecule has 1 saturated carbocycles. The van der Waals surface area contributed by atoms with Crippen LogP contribution in [0.2, 0.25) is 0 Å². The average Bonchev–Trinajstić information content (AvgIpc) is 3.30. The summed E-state index contributed by atoms with van der Waals surface area (Å²) >= 11 is 0. The lowest BCUT2D eigenvalue weighted by molar-refractivity contribution is 0.169. The van der Waals surface area contributed by atoms with E-state index in [0.29, 0.717) is 6.04 Å². The van der Waals surface area contributed by atoms with Crippen LogP contribution >= 0.6 is 0 Å². The first-order valence-electron chi connectivity index (χ1n) is 8.23. The van der Waals surface area contributed by atoms with E-state index in [4.69, 9.17) is 0 Å². The minimum absolute atomic E-state index is 0.00857. The normalized spacial score (nSPS) is 23.2. The topological polar surface area (TPSA) is 50.2 Å². The molecule has 1 atom stereocenters. The Morgan fingerprint density at radius 3 is 2.90 bits per heavy atom. The van der Waals surface area contributed by atoms with Gasteiger partial charge in [-0.25, -0.2) is 4.68 Å². The predicted octanol–water partition coefficient (Wildman–Crippen LogP) is 1.94. The maximum absolute atomic E-state index is 12.1. The van der Waals surface area contributed by atoms with Crippen molar-refractivity contribution in [3.8, 4) is 0 Å². The second kappa shape index (κ2) is 6.60. The van der Waals surface area contributed by atoms with Gasteiger partial charge in [0.1, 0.15) is 0 Å². The van der Waals surface area contributed by atoms with Gasteiger partial charge < -0.3 is 10.2 Å². The number of likely N-dealkylation sites (tertiary alicyclic amines) is 1. The number of aryl methyl sites for hydroxylation is 1. The molecule has 0 amide bonds. The summed E-state index contributed by atoms with van der Waals surface area (Å²) in [4.78, 5) is 14.5. The Balaban J connectivity index is 1.53. The van der Waals surface area contributed by atoms with Crippen LogP contribution in [0, 0.1) is 5.92 Å². The smallest absolute Gasteiger partial charge is 0.268 e. The first kappa shape index (κ1) is 14.6. The zero-order valence-electron chi connectivity index (χ0n) is 12.9. The summed E-state index contributed by atoms with van der Waals surface area (Å²) in [6.45, 7) is 2.87. The van der Waals surface area contributed by atoms with Gasteiger partial charge in [0.05, 0.1) is 11.9 Å². The van der Waals surface area contributed by atoms with Crippen molar-refractivity contribution >= 4 is 5.69 Å². The molecule has 2 aliphatic rings. The van der Waals surface area contributed by atoms with Gasteiger partial charge in [-0.15, -0.1) is 0 Å². The zero-order chi connectivity index (χ0) is 14.7. The van der Waals surface area contributed by atoms with Crippen molar-refractivity contribution in [1.29, 1.82) is 0 Å². The number of aromatic nitrogens is 2. The molecule has 1 aromatic rings. The third kappa shape index (κ3) is 4.06. The lowest BCUT2D eigenvalue weighted by atomic mass is 10.0. The van der Waals surface area contributed by atoms with Gasteiger partial charge in [0, 0.05) is 25.2 Å². The van der Waals surface area contributed by atoms with Crippen LogP contribution in [0.25, 0.3) is 0 Å². The van der Waals surface area contributed by atoms with Gasteiger partial charge in [0.25, 0.3) is 5.56 Å². The second-order valence-corrected chi connectivity index (χ2v) is 6.55. The number of piperidine rings is 1. The van der Waals surface area contributed by atoms with Crippen LogP contribution in [0.1, 0.15) is 38.5 Å². The highest BCUT2D eigenvalue weighted by atomic mass is 16.1. The van der Waals surface area contributed by atoms with Crippen molar-refractivity contribution in [3.05, 3.63) is 22.6 Å². The Morgan fingerprint density at radius 1 is 1.33 bits per heavy atom. The first-order valence-corrected chi connectivity index (χ1v) is 8.23. The molecule has 2 heterocycles. The van der Waals surface area contributed by atoms with E-state index in [1.54, 1.807) is 16.9 Å². The van der Waals surface area contributed by atoms with E-state index < -0.39 is 0 Å². The minimum Gasteiger partial charge on any atom is -0.383 e. The third-order valence-electron chi connectivity index (χ3n) is 4.76. The van der Waals surface area contributed by atoms with E-state index in [2.05, 4.69) is 22.4 Å². The number of rotatable bonds is 6. The Hall–Kier alpha value is -1.36. The molecule has 5 nitrogen and oxygen atoms in total. The SMILES string of the molecule is CN1CCCCC1CCn1ncc(NCC2CC2)cc1=O. The summed E-state index contributed by atoms with van der Waals surface area (Å²) in [6.07, 6.45) is 9.27. The molecule has 0 bridgehead atoms. The quantitative estimate of drug-likeness (QED) is 0.870. The number of nitrogens with zero attached hydrogens (tertiary/aromatic N) is 3. The zero-order valence-corrected chi connectivity index (χ0v) is 12.9. The van der Waals surface area contributed by atoms with Crippen LogP contribution in [0.4, 0.5) is 5.69 Å². The highest BCUT2D eigenvalue weighted by Gasteiger charge is 2.21. The van der Waals surface area contributed by atoms with Gasteiger partial charge in [0.15, 0.2) is 0 Å². The molecule has 0 radical (unpaired) electrons. The van der Waals surface area contributed by atoms with Gasteiger partial charge >= 0.3 is 0 Å². The first-order chi connectivity index (χ1) is 10.2. The lowest BCUT2D eigenvalue weighted by Gasteiger charge is -2.32. The fourth-order valence-corrected chi connectivity index (χ4v) is 3.06. The van der Waals surface area contributed by atoms with E-state index in [1.165, 1.54) is 38.6 Å². The minimum atomic E-state index is 0.00857. The van der Waals surface area contributed by atoms with E-state index >= 15 is 0 Å². The molecule has 21 heavy (non-hydrogen) atoms. The molecule has 1 aromatic heterocycles. The Kier molecular flexibility index (Phi) is 4.58.